The Labute approximate surface area is 156 Å². The number of aromatic nitrogens is 2. The summed E-state index contributed by atoms with van der Waals surface area (Å²) in [5, 5.41) is 7.17. The van der Waals surface area contributed by atoms with Gasteiger partial charge in [-0.25, -0.2) is 9.07 Å². The molecule has 0 fully saturated rings. The molecular formula is C21H20FN3O2. The van der Waals surface area contributed by atoms with Crippen LogP contribution >= 0.6 is 0 Å². The zero-order valence-corrected chi connectivity index (χ0v) is 15.2. The first-order chi connectivity index (χ1) is 13.0. The Morgan fingerprint density at radius 1 is 1.11 bits per heavy atom. The van der Waals surface area contributed by atoms with Gasteiger partial charge in [0.15, 0.2) is 0 Å². The predicted molar refractivity (Wildman–Crippen MR) is 104 cm³/mol. The highest BCUT2D eigenvalue weighted by atomic mass is 19.1. The quantitative estimate of drug-likeness (QED) is 0.741. The number of aryl methyl sites for hydroxylation is 1. The maximum absolute atomic E-state index is 13.4. The topological polar surface area (TPSA) is 64.0 Å². The van der Waals surface area contributed by atoms with Gasteiger partial charge in [0, 0.05) is 6.42 Å². The molecule has 0 spiro atoms. The number of anilines is 1. The molecule has 3 rings (SSSR count). The van der Waals surface area contributed by atoms with E-state index >= 15 is 0 Å². The molecular weight excluding hydrogens is 345 g/mol. The maximum atomic E-state index is 13.4. The molecule has 0 atom stereocenters. The number of carbonyl (C=O) groups is 1. The number of amides is 1. The molecule has 0 saturated carbocycles. The molecule has 0 aliphatic heterocycles. The number of nitrogens with one attached hydrogen (secondary N) is 1. The van der Waals surface area contributed by atoms with E-state index in [2.05, 4.69) is 10.4 Å². The fraction of sp³-hybridized carbons (Fsp3) is 0.190. The van der Waals surface area contributed by atoms with Crippen LogP contribution in [0.4, 0.5) is 10.2 Å². The van der Waals surface area contributed by atoms with Crippen molar-refractivity contribution in [1.29, 1.82) is 0 Å². The van der Waals surface area contributed by atoms with E-state index < -0.39 is 0 Å². The molecule has 0 aliphatic carbocycles. The lowest BCUT2D eigenvalue weighted by molar-refractivity contribution is -0.116. The Kier molecular flexibility index (Phi) is 5.45. The molecule has 27 heavy (non-hydrogen) atoms. The Balaban J connectivity index is 2.29. The number of hydrogen-bond acceptors (Lipinski definition) is 3. The third kappa shape index (κ3) is 3.95. The van der Waals surface area contributed by atoms with Gasteiger partial charge in [-0.05, 0) is 43.2 Å². The van der Waals surface area contributed by atoms with E-state index in [0.29, 0.717) is 29.7 Å². The second kappa shape index (κ2) is 7.95. The van der Waals surface area contributed by atoms with Crippen LogP contribution in [-0.4, -0.2) is 15.7 Å². The van der Waals surface area contributed by atoms with E-state index in [1.54, 1.807) is 31.2 Å². The van der Waals surface area contributed by atoms with Gasteiger partial charge in [-0.2, -0.15) is 5.10 Å². The van der Waals surface area contributed by atoms with Crippen LogP contribution in [0.15, 0.2) is 59.4 Å². The zero-order chi connectivity index (χ0) is 19.4. The SMILES string of the molecule is CCCC(=O)Nc1c(-c2ccccc2)c(=O)c(C)nn1-c1ccc(F)cc1. The Bertz CT molecular complexity index is 1010. The summed E-state index contributed by atoms with van der Waals surface area (Å²) in [6, 6.07) is 14.8. The molecule has 0 radical (unpaired) electrons. The van der Waals surface area contributed by atoms with Crippen molar-refractivity contribution in [2.24, 2.45) is 0 Å². The molecule has 0 saturated heterocycles. The van der Waals surface area contributed by atoms with Crippen molar-refractivity contribution >= 4 is 11.7 Å². The van der Waals surface area contributed by atoms with Gasteiger partial charge >= 0.3 is 0 Å². The van der Waals surface area contributed by atoms with E-state index in [-0.39, 0.29) is 28.7 Å². The highest BCUT2D eigenvalue weighted by Crippen LogP contribution is 2.27. The van der Waals surface area contributed by atoms with Gasteiger partial charge in [0.2, 0.25) is 11.3 Å². The van der Waals surface area contributed by atoms with Gasteiger partial charge in [-0.3, -0.25) is 9.59 Å². The molecule has 3 aromatic rings. The maximum Gasteiger partial charge on any atom is 0.225 e. The summed E-state index contributed by atoms with van der Waals surface area (Å²) in [6.07, 6.45) is 0.992. The van der Waals surface area contributed by atoms with E-state index in [0.717, 1.165) is 0 Å². The van der Waals surface area contributed by atoms with Gasteiger partial charge in [0.05, 0.1) is 11.3 Å². The van der Waals surface area contributed by atoms with Crippen LogP contribution in [0.1, 0.15) is 25.5 Å². The highest BCUT2D eigenvalue weighted by molar-refractivity contribution is 5.94. The van der Waals surface area contributed by atoms with Crippen molar-refractivity contribution < 1.29 is 9.18 Å². The summed E-state index contributed by atoms with van der Waals surface area (Å²) in [5.41, 5.74) is 1.61. The highest BCUT2D eigenvalue weighted by Gasteiger charge is 2.19. The summed E-state index contributed by atoms with van der Waals surface area (Å²) >= 11 is 0. The lowest BCUT2D eigenvalue weighted by atomic mass is 10.1. The first-order valence-electron chi connectivity index (χ1n) is 8.76. The lowest BCUT2D eigenvalue weighted by Crippen LogP contribution is -2.24. The minimum absolute atomic E-state index is 0.212. The fourth-order valence-corrected chi connectivity index (χ4v) is 2.82. The van der Waals surface area contributed by atoms with Crippen LogP contribution in [0.3, 0.4) is 0 Å². The molecule has 0 bridgehead atoms. The summed E-state index contributed by atoms with van der Waals surface area (Å²) in [6.45, 7) is 3.52. The summed E-state index contributed by atoms with van der Waals surface area (Å²) in [5.74, 6) is -0.311. The first kappa shape index (κ1) is 18.5. The van der Waals surface area contributed by atoms with Gasteiger partial charge in [0.25, 0.3) is 0 Å². The summed E-state index contributed by atoms with van der Waals surface area (Å²) < 4.78 is 14.8. The minimum atomic E-state index is -0.378. The largest absolute Gasteiger partial charge is 0.310 e. The van der Waals surface area contributed by atoms with Crippen LogP contribution in [-0.2, 0) is 4.79 Å². The lowest BCUT2D eigenvalue weighted by Gasteiger charge is -2.18. The van der Waals surface area contributed by atoms with E-state index in [1.807, 2.05) is 25.1 Å². The average Bonchev–Trinajstić information content (AvgIpc) is 2.66. The molecule has 1 aromatic heterocycles. The molecule has 0 unspecified atom stereocenters. The van der Waals surface area contributed by atoms with Crippen LogP contribution in [0, 0.1) is 12.7 Å². The molecule has 0 aliphatic rings. The second-order valence-electron chi connectivity index (χ2n) is 6.19. The van der Waals surface area contributed by atoms with Gasteiger partial charge in [0.1, 0.15) is 17.3 Å². The van der Waals surface area contributed by atoms with Gasteiger partial charge in [-0.15, -0.1) is 0 Å². The number of hydrogen-bond donors (Lipinski definition) is 1. The predicted octanol–water partition coefficient (Wildman–Crippen LogP) is 4.09. The standard InChI is InChI=1S/C21H20FN3O2/c1-3-7-18(26)23-21-19(15-8-5-4-6-9-15)20(27)14(2)24-25(21)17-12-10-16(22)11-13-17/h4-6,8-13H,3,7H2,1-2H3,(H,23,26). The van der Waals surface area contributed by atoms with Crippen molar-refractivity contribution in [2.75, 3.05) is 5.32 Å². The van der Waals surface area contributed by atoms with Crippen molar-refractivity contribution in [2.45, 2.75) is 26.7 Å². The monoisotopic (exact) mass is 365 g/mol. The third-order valence-corrected chi connectivity index (χ3v) is 4.12. The molecule has 1 N–H and O–H groups in total. The van der Waals surface area contributed by atoms with Crippen molar-refractivity contribution in [3.05, 3.63) is 76.3 Å². The molecule has 1 heterocycles. The molecule has 5 nitrogen and oxygen atoms in total. The van der Waals surface area contributed by atoms with Crippen LogP contribution < -0.4 is 10.7 Å². The average molecular weight is 365 g/mol. The van der Waals surface area contributed by atoms with E-state index in [9.17, 15) is 14.0 Å². The van der Waals surface area contributed by atoms with Gasteiger partial charge < -0.3 is 5.32 Å². The Morgan fingerprint density at radius 2 is 1.78 bits per heavy atom. The van der Waals surface area contributed by atoms with Crippen molar-refractivity contribution in [1.82, 2.24) is 9.78 Å². The summed E-state index contributed by atoms with van der Waals surface area (Å²) in [4.78, 5) is 25.2. The second-order valence-corrected chi connectivity index (χ2v) is 6.19. The van der Waals surface area contributed by atoms with E-state index in [4.69, 9.17) is 0 Å². The third-order valence-electron chi connectivity index (χ3n) is 4.12. The van der Waals surface area contributed by atoms with Crippen LogP contribution in [0.25, 0.3) is 16.8 Å². The van der Waals surface area contributed by atoms with E-state index in [1.165, 1.54) is 16.8 Å². The smallest absolute Gasteiger partial charge is 0.225 e. The number of halogens is 1. The van der Waals surface area contributed by atoms with Crippen molar-refractivity contribution in [3.8, 4) is 16.8 Å². The normalized spacial score (nSPS) is 10.6. The Hall–Kier alpha value is -3.28. The number of carbonyl (C=O) groups excluding carboxylic acids is 1. The minimum Gasteiger partial charge on any atom is -0.310 e. The zero-order valence-electron chi connectivity index (χ0n) is 15.2. The Morgan fingerprint density at radius 3 is 2.41 bits per heavy atom. The van der Waals surface area contributed by atoms with Crippen LogP contribution in [0.2, 0.25) is 0 Å². The fourth-order valence-electron chi connectivity index (χ4n) is 2.82. The molecule has 1 amide bonds. The molecule has 6 heteroatoms. The first-order valence-corrected chi connectivity index (χ1v) is 8.76. The number of benzene rings is 2. The van der Waals surface area contributed by atoms with Crippen LogP contribution in [0.5, 0.6) is 0 Å². The summed E-state index contributed by atoms with van der Waals surface area (Å²) in [7, 11) is 0. The molecule has 2 aromatic carbocycles. The van der Waals surface area contributed by atoms with Crippen molar-refractivity contribution in [3.63, 3.8) is 0 Å². The number of nitrogens with zero attached hydrogens (tertiary/aromatic N) is 2. The number of rotatable bonds is 5. The molecule has 138 valence electrons. The van der Waals surface area contributed by atoms with Gasteiger partial charge in [-0.1, -0.05) is 37.3 Å².